The Morgan fingerprint density at radius 1 is 1.32 bits per heavy atom. The van der Waals surface area contributed by atoms with Crippen molar-refractivity contribution in [3.05, 3.63) is 24.3 Å². The molecule has 0 aromatic heterocycles. The fraction of sp³-hybridized carbons (Fsp3) is 0.562. The van der Waals surface area contributed by atoms with Crippen molar-refractivity contribution < 1.29 is 14.3 Å². The fourth-order valence-electron chi connectivity index (χ4n) is 2.83. The van der Waals surface area contributed by atoms with Crippen molar-refractivity contribution in [1.29, 1.82) is 0 Å². The van der Waals surface area contributed by atoms with E-state index in [0.717, 1.165) is 30.8 Å². The summed E-state index contributed by atoms with van der Waals surface area (Å²) in [4.78, 5) is 12.2. The van der Waals surface area contributed by atoms with Crippen LogP contribution in [0.1, 0.15) is 26.2 Å². The van der Waals surface area contributed by atoms with Crippen LogP contribution in [0.25, 0.3) is 0 Å². The molecule has 2 heterocycles. The van der Waals surface area contributed by atoms with Crippen LogP contribution in [0.4, 0.5) is 0 Å². The zero-order valence-electron chi connectivity index (χ0n) is 12.8. The van der Waals surface area contributed by atoms with Gasteiger partial charge >= 0.3 is 0 Å². The molecule has 22 heavy (non-hydrogen) atoms. The second-order valence-corrected chi connectivity index (χ2v) is 5.81. The Hall–Kier alpha value is -1.79. The minimum absolute atomic E-state index is 0.00793. The van der Waals surface area contributed by atoms with E-state index in [9.17, 15) is 4.79 Å². The second kappa shape index (κ2) is 6.98. The van der Waals surface area contributed by atoms with Gasteiger partial charge in [0.25, 0.3) is 0 Å². The second-order valence-electron chi connectivity index (χ2n) is 5.81. The molecule has 0 aliphatic carbocycles. The first-order chi connectivity index (χ1) is 10.8. The molecule has 0 spiro atoms. The molecule has 2 aliphatic heterocycles. The quantitative estimate of drug-likeness (QED) is 0.756. The number of ether oxygens (including phenoxy) is 2. The lowest BCUT2D eigenvalue weighted by Gasteiger charge is -2.26. The molecule has 6 nitrogen and oxygen atoms in total. The Bertz CT molecular complexity index is 523. The largest absolute Gasteiger partial charge is 0.486 e. The number of para-hydroxylation sites is 2. The molecule has 2 aliphatic rings. The molecule has 3 atom stereocenters. The fourth-order valence-corrected chi connectivity index (χ4v) is 2.83. The van der Waals surface area contributed by atoms with Crippen molar-refractivity contribution >= 4 is 5.91 Å². The van der Waals surface area contributed by atoms with Gasteiger partial charge in [-0.2, -0.15) is 0 Å². The number of amides is 1. The van der Waals surface area contributed by atoms with Gasteiger partial charge in [0, 0.05) is 6.04 Å². The topological polar surface area (TPSA) is 71.6 Å². The number of fused-ring (bicyclic) bond motifs is 1. The van der Waals surface area contributed by atoms with Gasteiger partial charge in [0.2, 0.25) is 5.91 Å². The lowest BCUT2D eigenvalue weighted by atomic mass is 10.1. The Kier molecular flexibility index (Phi) is 4.80. The van der Waals surface area contributed by atoms with Crippen molar-refractivity contribution in [3.63, 3.8) is 0 Å². The number of benzene rings is 1. The van der Waals surface area contributed by atoms with Crippen molar-refractivity contribution in [3.8, 4) is 11.5 Å². The smallest absolute Gasteiger partial charge is 0.238 e. The number of hydrazine groups is 1. The summed E-state index contributed by atoms with van der Waals surface area (Å²) in [6.07, 6.45) is 2.86. The summed E-state index contributed by atoms with van der Waals surface area (Å²) in [5, 5.41) is 2.94. The summed E-state index contributed by atoms with van der Waals surface area (Å²) in [5.74, 6) is 1.50. The molecular formula is C16H23N3O3. The predicted octanol–water partition coefficient (Wildman–Crippen LogP) is 0.978. The molecule has 120 valence electrons. The maximum Gasteiger partial charge on any atom is 0.238 e. The van der Waals surface area contributed by atoms with E-state index < -0.39 is 0 Å². The van der Waals surface area contributed by atoms with E-state index in [1.54, 1.807) is 0 Å². The molecule has 6 heteroatoms. The molecule has 1 aromatic rings. The summed E-state index contributed by atoms with van der Waals surface area (Å²) >= 11 is 0. The van der Waals surface area contributed by atoms with Gasteiger partial charge in [-0.1, -0.05) is 25.5 Å². The van der Waals surface area contributed by atoms with Crippen LogP contribution in [-0.2, 0) is 4.79 Å². The van der Waals surface area contributed by atoms with E-state index in [2.05, 4.69) is 23.1 Å². The molecule has 3 unspecified atom stereocenters. The van der Waals surface area contributed by atoms with Gasteiger partial charge in [-0.3, -0.25) is 10.2 Å². The van der Waals surface area contributed by atoms with Gasteiger partial charge in [-0.25, -0.2) is 5.43 Å². The van der Waals surface area contributed by atoms with Crippen LogP contribution >= 0.6 is 0 Å². The lowest BCUT2D eigenvalue weighted by molar-refractivity contribution is -0.123. The van der Waals surface area contributed by atoms with Crippen LogP contribution in [0.3, 0.4) is 0 Å². The molecule has 3 N–H and O–H groups in total. The first-order valence-electron chi connectivity index (χ1n) is 7.93. The van der Waals surface area contributed by atoms with Gasteiger partial charge in [-0.05, 0) is 25.0 Å². The van der Waals surface area contributed by atoms with E-state index in [0.29, 0.717) is 19.2 Å². The van der Waals surface area contributed by atoms with Crippen molar-refractivity contribution in [2.75, 3.05) is 13.2 Å². The summed E-state index contributed by atoms with van der Waals surface area (Å²) < 4.78 is 11.5. The third-order valence-corrected chi connectivity index (χ3v) is 4.01. The van der Waals surface area contributed by atoms with Gasteiger partial charge in [0.15, 0.2) is 11.5 Å². The molecule has 1 fully saturated rings. The molecule has 1 saturated heterocycles. The third-order valence-electron chi connectivity index (χ3n) is 4.01. The molecule has 0 bridgehead atoms. The van der Waals surface area contributed by atoms with Crippen LogP contribution in [0, 0.1) is 0 Å². The Morgan fingerprint density at radius 2 is 2.14 bits per heavy atom. The van der Waals surface area contributed by atoms with Crippen LogP contribution in [0.15, 0.2) is 24.3 Å². The van der Waals surface area contributed by atoms with Gasteiger partial charge < -0.3 is 14.8 Å². The molecule has 3 rings (SSSR count). The number of hydrogen-bond donors (Lipinski definition) is 3. The first-order valence-corrected chi connectivity index (χ1v) is 7.93. The normalized spacial score (nSPS) is 26.7. The minimum atomic E-state index is -0.173. The highest BCUT2D eigenvalue weighted by atomic mass is 16.6. The van der Waals surface area contributed by atoms with Crippen LogP contribution in [0.5, 0.6) is 11.5 Å². The highest BCUT2D eigenvalue weighted by Crippen LogP contribution is 2.30. The molecule has 0 radical (unpaired) electrons. The maximum absolute atomic E-state index is 12.2. The maximum atomic E-state index is 12.2. The van der Waals surface area contributed by atoms with Crippen molar-refractivity contribution in [1.82, 2.24) is 16.2 Å². The Balaban J connectivity index is 1.45. The number of carbonyl (C=O) groups is 1. The monoisotopic (exact) mass is 305 g/mol. The van der Waals surface area contributed by atoms with Gasteiger partial charge in [-0.15, -0.1) is 0 Å². The van der Waals surface area contributed by atoms with Gasteiger partial charge in [0.1, 0.15) is 18.8 Å². The molecule has 0 saturated carbocycles. The zero-order chi connectivity index (χ0) is 15.4. The van der Waals surface area contributed by atoms with E-state index in [4.69, 9.17) is 9.47 Å². The molecule has 1 amide bonds. The van der Waals surface area contributed by atoms with Crippen LogP contribution in [0.2, 0.25) is 0 Å². The van der Waals surface area contributed by atoms with E-state index >= 15 is 0 Å². The average Bonchev–Trinajstić information content (AvgIpc) is 3.01. The first kappa shape index (κ1) is 15.1. The standard InChI is InChI=1S/C16H23N3O3/c1-2-5-11-8-13(19-18-11)16(20)17-9-12-10-21-14-6-3-4-7-15(14)22-12/h3-4,6-7,11-13,18-19H,2,5,8-10H2,1H3,(H,17,20). The highest BCUT2D eigenvalue weighted by Gasteiger charge is 2.29. The summed E-state index contributed by atoms with van der Waals surface area (Å²) in [7, 11) is 0. The predicted molar refractivity (Wildman–Crippen MR) is 82.7 cm³/mol. The summed E-state index contributed by atoms with van der Waals surface area (Å²) in [6.45, 7) is 3.04. The average molecular weight is 305 g/mol. The van der Waals surface area contributed by atoms with Gasteiger partial charge in [0.05, 0.1) is 6.54 Å². The molecule has 1 aromatic carbocycles. The number of carbonyl (C=O) groups excluding carboxylic acids is 1. The number of nitrogens with one attached hydrogen (secondary N) is 3. The van der Waals surface area contributed by atoms with Crippen LogP contribution in [-0.4, -0.2) is 37.2 Å². The number of hydrogen-bond acceptors (Lipinski definition) is 5. The Morgan fingerprint density at radius 3 is 2.95 bits per heavy atom. The third kappa shape index (κ3) is 3.51. The summed E-state index contributed by atoms with van der Waals surface area (Å²) in [5.41, 5.74) is 6.23. The highest BCUT2D eigenvalue weighted by molar-refractivity contribution is 5.82. The SMILES string of the molecule is CCCC1CC(C(=O)NCC2COc3ccccc3O2)NN1. The van der Waals surface area contributed by atoms with Crippen LogP contribution < -0.4 is 25.6 Å². The van der Waals surface area contributed by atoms with E-state index in [1.807, 2.05) is 24.3 Å². The van der Waals surface area contributed by atoms with E-state index in [-0.39, 0.29) is 18.1 Å². The molecular weight excluding hydrogens is 282 g/mol. The number of rotatable bonds is 5. The van der Waals surface area contributed by atoms with E-state index in [1.165, 1.54) is 0 Å². The van der Waals surface area contributed by atoms with Crippen molar-refractivity contribution in [2.24, 2.45) is 0 Å². The Labute approximate surface area is 130 Å². The van der Waals surface area contributed by atoms with Crippen molar-refractivity contribution in [2.45, 2.75) is 44.4 Å². The minimum Gasteiger partial charge on any atom is -0.486 e. The summed E-state index contributed by atoms with van der Waals surface area (Å²) in [6, 6.07) is 7.78. The zero-order valence-corrected chi connectivity index (χ0v) is 12.8. The lowest BCUT2D eigenvalue weighted by Crippen LogP contribution is -2.47.